The standard InChI is InChI=1S/C16H16N2O2/c17-9-12-5-6-16(19)18(10-12)8-7-13-11-20-15-4-2-1-3-14(13)15/h1-4,11-12H,5-8,10H2. The molecule has 3 rings (SSSR count). The van der Waals surface area contributed by atoms with Crippen molar-refractivity contribution in [3.8, 4) is 6.07 Å². The van der Waals surface area contributed by atoms with Crippen LogP contribution in [0.15, 0.2) is 34.9 Å². The number of carbonyl (C=O) groups excluding carboxylic acids is 1. The number of likely N-dealkylation sites (tertiary alicyclic amines) is 1. The van der Waals surface area contributed by atoms with Crippen LogP contribution >= 0.6 is 0 Å². The summed E-state index contributed by atoms with van der Waals surface area (Å²) in [6.07, 6.45) is 3.71. The Hall–Kier alpha value is -2.28. The Labute approximate surface area is 117 Å². The number of amides is 1. The predicted octanol–water partition coefficient (Wildman–Crippen LogP) is 2.74. The average molecular weight is 268 g/mol. The number of hydrogen-bond acceptors (Lipinski definition) is 3. The fourth-order valence-electron chi connectivity index (χ4n) is 2.72. The highest BCUT2D eigenvalue weighted by molar-refractivity contribution is 5.81. The summed E-state index contributed by atoms with van der Waals surface area (Å²) >= 11 is 0. The van der Waals surface area contributed by atoms with Gasteiger partial charge in [-0.25, -0.2) is 0 Å². The van der Waals surface area contributed by atoms with Crippen LogP contribution in [0.4, 0.5) is 0 Å². The highest BCUT2D eigenvalue weighted by Gasteiger charge is 2.25. The molecule has 2 aromatic rings. The van der Waals surface area contributed by atoms with Crippen molar-refractivity contribution in [1.82, 2.24) is 4.90 Å². The monoisotopic (exact) mass is 268 g/mol. The van der Waals surface area contributed by atoms with Gasteiger partial charge in [-0.1, -0.05) is 18.2 Å². The van der Waals surface area contributed by atoms with Gasteiger partial charge < -0.3 is 9.32 Å². The van der Waals surface area contributed by atoms with Crippen molar-refractivity contribution in [2.24, 2.45) is 5.92 Å². The Kier molecular flexibility index (Phi) is 3.42. The van der Waals surface area contributed by atoms with Crippen LogP contribution in [0.2, 0.25) is 0 Å². The second kappa shape index (κ2) is 5.38. The number of carbonyl (C=O) groups is 1. The van der Waals surface area contributed by atoms with Crippen molar-refractivity contribution >= 4 is 16.9 Å². The van der Waals surface area contributed by atoms with E-state index in [0.29, 0.717) is 25.9 Å². The molecule has 0 aliphatic carbocycles. The van der Waals surface area contributed by atoms with E-state index >= 15 is 0 Å². The number of nitrogens with zero attached hydrogens (tertiary/aromatic N) is 2. The third-order valence-electron chi connectivity index (χ3n) is 3.89. The predicted molar refractivity (Wildman–Crippen MR) is 74.8 cm³/mol. The summed E-state index contributed by atoms with van der Waals surface area (Å²) in [4.78, 5) is 13.7. The number of nitriles is 1. The van der Waals surface area contributed by atoms with E-state index in [4.69, 9.17) is 9.68 Å². The fraction of sp³-hybridized carbons (Fsp3) is 0.375. The minimum absolute atomic E-state index is 0.0196. The van der Waals surface area contributed by atoms with Gasteiger partial charge in [0.2, 0.25) is 5.91 Å². The van der Waals surface area contributed by atoms with E-state index < -0.39 is 0 Å². The smallest absolute Gasteiger partial charge is 0.222 e. The molecule has 20 heavy (non-hydrogen) atoms. The summed E-state index contributed by atoms with van der Waals surface area (Å²) in [5.41, 5.74) is 2.00. The van der Waals surface area contributed by atoms with E-state index in [9.17, 15) is 4.79 Å². The molecule has 1 unspecified atom stereocenters. The van der Waals surface area contributed by atoms with E-state index in [0.717, 1.165) is 23.0 Å². The van der Waals surface area contributed by atoms with E-state index in [1.807, 2.05) is 24.3 Å². The Balaban J connectivity index is 1.70. The molecule has 0 spiro atoms. The number of benzene rings is 1. The number of fused-ring (bicyclic) bond motifs is 1. The molecule has 0 radical (unpaired) electrons. The molecule has 0 bridgehead atoms. The largest absolute Gasteiger partial charge is 0.464 e. The normalized spacial score (nSPS) is 19.2. The lowest BCUT2D eigenvalue weighted by atomic mass is 9.98. The number of rotatable bonds is 3. The highest BCUT2D eigenvalue weighted by Crippen LogP contribution is 2.22. The Morgan fingerprint density at radius 2 is 2.25 bits per heavy atom. The Bertz CT molecular complexity index is 668. The van der Waals surface area contributed by atoms with E-state index in [-0.39, 0.29) is 11.8 Å². The van der Waals surface area contributed by atoms with Crippen LogP contribution in [0.25, 0.3) is 11.0 Å². The van der Waals surface area contributed by atoms with Crippen LogP contribution in [0.1, 0.15) is 18.4 Å². The van der Waals surface area contributed by atoms with Gasteiger partial charge in [-0.3, -0.25) is 4.79 Å². The molecule has 1 aliphatic heterocycles. The summed E-state index contributed by atoms with van der Waals surface area (Å²) < 4.78 is 5.50. The van der Waals surface area contributed by atoms with Gasteiger partial charge in [0.15, 0.2) is 0 Å². The second-order valence-corrected chi connectivity index (χ2v) is 5.21. The molecular weight excluding hydrogens is 252 g/mol. The lowest BCUT2D eigenvalue weighted by Gasteiger charge is -2.29. The van der Waals surface area contributed by atoms with Crippen LogP contribution in [0, 0.1) is 17.2 Å². The molecule has 1 saturated heterocycles. The van der Waals surface area contributed by atoms with Crippen molar-refractivity contribution in [2.45, 2.75) is 19.3 Å². The zero-order valence-corrected chi connectivity index (χ0v) is 11.2. The van der Waals surface area contributed by atoms with Gasteiger partial charge in [-0.2, -0.15) is 5.26 Å². The van der Waals surface area contributed by atoms with Gasteiger partial charge in [0.1, 0.15) is 5.58 Å². The summed E-state index contributed by atoms with van der Waals surface area (Å²) in [6, 6.07) is 10.2. The number of para-hydroxylation sites is 1. The molecule has 4 heteroatoms. The topological polar surface area (TPSA) is 57.2 Å². The van der Waals surface area contributed by atoms with Gasteiger partial charge in [-0.15, -0.1) is 0 Å². The number of furan rings is 1. The fourth-order valence-corrected chi connectivity index (χ4v) is 2.72. The number of hydrogen-bond donors (Lipinski definition) is 0. The average Bonchev–Trinajstić information content (AvgIpc) is 2.90. The van der Waals surface area contributed by atoms with Gasteiger partial charge in [0, 0.05) is 24.9 Å². The maximum Gasteiger partial charge on any atom is 0.222 e. The van der Waals surface area contributed by atoms with Crippen molar-refractivity contribution in [1.29, 1.82) is 5.26 Å². The molecule has 1 atom stereocenters. The second-order valence-electron chi connectivity index (χ2n) is 5.21. The molecule has 1 amide bonds. The molecule has 1 aromatic carbocycles. The van der Waals surface area contributed by atoms with Crippen LogP contribution in [0.3, 0.4) is 0 Å². The summed E-state index contributed by atoms with van der Waals surface area (Å²) in [7, 11) is 0. The number of piperidine rings is 1. The first kappa shape index (κ1) is 12.7. The molecule has 102 valence electrons. The minimum atomic E-state index is -0.0196. The van der Waals surface area contributed by atoms with Gasteiger partial charge in [0.25, 0.3) is 0 Å². The Morgan fingerprint density at radius 3 is 3.10 bits per heavy atom. The first-order chi connectivity index (χ1) is 9.78. The van der Waals surface area contributed by atoms with Gasteiger partial charge in [0.05, 0.1) is 18.3 Å². The van der Waals surface area contributed by atoms with Gasteiger partial charge >= 0.3 is 0 Å². The third kappa shape index (κ3) is 2.39. The lowest BCUT2D eigenvalue weighted by Crippen LogP contribution is -2.40. The summed E-state index contributed by atoms with van der Waals surface area (Å²) in [6.45, 7) is 1.21. The van der Waals surface area contributed by atoms with Crippen LogP contribution in [-0.4, -0.2) is 23.9 Å². The maximum absolute atomic E-state index is 11.9. The molecule has 1 aliphatic rings. The molecule has 4 nitrogen and oxygen atoms in total. The zero-order chi connectivity index (χ0) is 13.9. The molecule has 1 aromatic heterocycles. The van der Waals surface area contributed by atoms with Crippen LogP contribution in [-0.2, 0) is 11.2 Å². The third-order valence-corrected chi connectivity index (χ3v) is 3.89. The summed E-state index contributed by atoms with van der Waals surface area (Å²) in [5, 5.41) is 10.1. The van der Waals surface area contributed by atoms with E-state index in [1.165, 1.54) is 0 Å². The summed E-state index contributed by atoms with van der Waals surface area (Å²) in [5.74, 6) is 0.137. The van der Waals surface area contributed by atoms with Crippen LogP contribution < -0.4 is 0 Å². The molecule has 0 saturated carbocycles. The van der Waals surface area contributed by atoms with Gasteiger partial charge in [-0.05, 0) is 24.5 Å². The van der Waals surface area contributed by atoms with Crippen molar-refractivity contribution < 1.29 is 9.21 Å². The van der Waals surface area contributed by atoms with Crippen molar-refractivity contribution in [3.63, 3.8) is 0 Å². The highest BCUT2D eigenvalue weighted by atomic mass is 16.3. The van der Waals surface area contributed by atoms with Crippen molar-refractivity contribution in [3.05, 3.63) is 36.1 Å². The first-order valence-electron chi connectivity index (χ1n) is 6.90. The van der Waals surface area contributed by atoms with Crippen LogP contribution in [0.5, 0.6) is 0 Å². The maximum atomic E-state index is 11.9. The van der Waals surface area contributed by atoms with E-state index in [2.05, 4.69) is 6.07 Å². The minimum Gasteiger partial charge on any atom is -0.464 e. The van der Waals surface area contributed by atoms with Crippen molar-refractivity contribution in [2.75, 3.05) is 13.1 Å². The molecular formula is C16H16N2O2. The quantitative estimate of drug-likeness (QED) is 0.860. The molecule has 0 N–H and O–H groups in total. The molecule has 1 fully saturated rings. The molecule has 2 heterocycles. The lowest BCUT2D eigenvalue weighted by molar-refractivity contribution is -0.134. The van der Waals surface area contributed by atoms with E-state index in [1.54, 1.807) is 11.2 Å². The Morgan fingerprint density at radius 1 is 1.40 bits per heavy atom. The first-order valence-corrected chi connectivity index (χ1v) is 6.90. The zero-order valence-electron chi connectivity index (χ0n) is 11.2. The SMILES string of the molecule is N#CC1CCC(=O)N(CCc2coc3ccccc23)C1.